The molecule has 0 unspecified atom stereocenters. The molecule has 3 N–H and O–H groups in total. The number of amides is 1. The number of methoxy groups -OCH3 is 1. The number of nitrogen functional groups attached to an aromatic ring is 1. The van der Waals surface area contributed by atoms with Gasteiger partial charge in [0.2, 0.25) is 11.8 Å². The summed E-state index contributed by atoms with van der Waals surface area (Å²) in [7, 11) is 1.51. The number of benzene rings is 1. The second-order valence-electron chi connectivity index (χ2n) is 4.36. The Morgan fingerprint density at radius 1 is 1.29 bits per heavy atom. The average molecular weight is 284 g/mol. The van der Waals surface area contributed by atoms with Crippen molar-refractivity contribution < 1.29 is 9.53 Å². The Kier molecular flexibility index (Phi) is 4.50. The number of nitrogens with one attached hydrogen (secondary N) is 1. The highest BCUT2D eigenvalue weighted by Crippen LogP contribution is 2.11. The Bertz CT molecular complexity index is 666. The largest absolute Gasteiger partial charge is 0.481 e. The van der Waals surface area contributed by atoms with Crippen molar-refractivity contribution in [2.24, 2.45) is 0 Å². The van der Waals surface area contributed by atoms with E-state index in [1.54, 1.807) is 31.2 Å². The molecule has 0 aliphatic heterocycles. The number of hydrogen-bond donors (Lipinski definition) is 2. The Labute approximate surface area is 122 Å². The van der Waals surface area contributed by atoms with Crippen LogP contribution in [-0.4, -0.2) is 23.0 Å². The van der Waals surface area contributed by atoms with Crippen LogP contribution in [0.2, 0.25) is 0 Å². The van der Waals surface area contributed by atoms with Crippen molar-refractivity contribution >= 4 is 23.6 Å². The number of carbonyl (C=O) groups is 1. The number of nitrogens with zero attached hydrogens (tertiary/aromatic N) is 2. The summed E-state index contributed by atoms with van der Waals surface area (Å²) in [6.07, 6.45) is 3.09. The first kappa shape index (κ1) is 14.5. The number of aryl methyl sites for hydroxylation is 1. The van der Waals surface area contributed by atoms with Crippen LogP contribution in [0.3, 0.4) is 0 Å². The van der Waals surface area contributed by atoms with Crippen LogP contribution in [0.1, 0.15) is 11.3 Å². The summed E-state index contributed by atoms with van der Waals surface area (Å²) in [6, 6.07) is 8.87. The van der Waals surface area contributed by atoms with Gasteiger partial charge in [-0.2, -0.15) is 4.98 Å². The van der Waals surface area contributed by atoms with Gasteiger partial charge in [0, 0.05) is 23.5 Å². The lowest BCUT2D eigenvalue weighted by Crippen LogP contribution is -2.11. The summed E-state index contributed by atoms with van der Waals surface area (Å²) in [5, 5.41) is 2.59. The Morgan fingerprint density at radius 2 is 2.00 bits per heavy atom. The van der Waals surface area contributed by atoms with Crippen LogP contribution in [0, 0.1) is 6.92 Å². The normalized spacial score (nSPS) is 10.6. The zero-order valence-corrected chi connectivity index (χ0v) is 11.8. The molecule has 1 aromatic heterocycles. The van der Waals surface area contributed by atoms with Gasteiger partial charge in [-0.3, -0.25) is 10.1 Å². The smallest absolute Gasteiger partial charge is 0.250 e. The van der Waals surface area contributed by atoms with Gasteiger partial charge in [-0.1, -0.05) is 12.1 Å². The molecular weight excluding hydrogens is 268 g/mol. The zero-order valence-electron chi connectivity index (χ0n) is 11.8. The monoisotopic (exact) mass is 284 g/mol. The molecule has 21 heavy (non-hydrogen) atoms. The molecule has 108 valence electrons. The minimum Gasteiger partial charge on any atom is -0.481 e. The molecule has 0 spiro atoms. The molecule has 0 saturated heterocycles. The molecule has 0 saturated carbocycles. The highest BCUT2D eigenvalue weighted by molar-refractivity contribution is 6.00. The quantitative estimate of drug-likeness (QED) is 0.662. The molecule has 0 aliphatic carbocycles. The topological polar surface area (TPSA) is 90.1 Å². The van der Waals surface area contributed by atoms with Gasteiger partial charge in [-0.25, -0.2) is 4.98 Å². The van der Waals surface area contributed by atoms with Gasteiger partial charge in [0.15, 0.2) is 0 Å². The van der Waals surface area contributed by atoms with Crippen molar-refractivity contribution in [2.45, 2.75) is 6.92 Å². The number of rotatable bonds is 4. The number of aromatic nitrogens is 2. The van der Waals surface area contributed by atoms with Crippen molar-refractivity contribution in [2.75, 3.05) is 18.2 Å². The molecular formula is C15H16N4O2. The summed E-state index contributed by atoms with van der Waals surface area (Å²) in [4.78, 5) is 20.0. The molecule has 2 rings (SSSR count). The lowest BCUT2D eigenvalue weighted by atomic mass is 10.2. The van der Waals surface area contributed by atoms with Crippen molar-refractivity contribution in [1.82, 2.24) is 9.97 Å². The van der Waals surface area contributed by atoms with Gasteiger partial charge in [-0.15, -0.1) is 0 Å². The van der Waals surface area contributed by atoms with Crippen LogP contribution in [0.5, 0.6) is 5.88 Å². The van der Waals surface area contributed by atoms with E-state index in [1.165, 1.54) is 13.2 Å². The Balaban J connectivity index is 2.04. The van der Waals surface area contributed by atoms with Gasteiger partial charge < -0.3 is 10.5 Å². The Morgan fingerprint density at radius 3 is 2.67 bits per heavy atom. The second-order valence-corrected chi connectivity index (χ2v) is 4.36. The standard InChI is InChI=1S/C15H16N4O2/c1-10-9-14(21-2)19-15(17-10)18-13(20)8-5-11-3-6-12(16)7-4-11/h3-9H,16H2,1-2H3,(H,17,18,19,20)/b8-5+. The maximum Gasteiger partial charge on any atom is 0.250 e. The van der Waals surface area contributed by atoms with E-state index in [1.807, 2.05) is 12.1 Å². The first-order valence-corrected chi connectivity index (χ1v) is 6.31. The van der Waals surface area contributed by atoms with Gasteiger partial charge in [-0.05, 0) is 30.7 Å². The maximum absolute atomic E-state index is 11.8. The number of carbonyl (C=O) groups excluding carboxylic acids is 1. The van der Waals surface area contributed by atoms with Crippen molar-refractivity contribution in [3.05, 3.63) is 47.7 Å². The SMILES string of the molecule is COc1cc(C)nc(NC(=O)/C=C/c2ccc(N)cc2)n1. The van der Waals surface area contributed by atoms with E-state index in [0.717, 1.165) is 5.56 Å². The van der Waals surface area contributed by atoms with E-state index < -0.39 is 0 Å². The molecule has 0 fully saturated rings. The summed E-state index contributed by atoms with van der Waals surface area (Å²) >= 11 is 0. The third-order valence-electron chi connectivity index (χ3n) is 2.64. The van der Waals surface area contributed by atoms with Crippen LogP contribution in [0.4, 0.5) is 11.6 Å². The van der Waals surface area contributed by atoms with Gasteiger partial charge >= 0.3 is 0 Å². The molecule has 1 amide bonds. The Hall–Kier alpha value is -2.89. The van der Waals surface area contributed by atoms with E-state index >= 15 is 0 Å². The van der Waals surface area contributed by atoms with E-state index in [0.29, 0.717) is 17.3 Å². The highest BCUT2D eigenvalue weighted by Gasteiger charge is 2.04. The van der Waals surface area contributed by atoms with Crippen LogP contribution in [-0.2, 0) is 4.79 Å². The fourth-order valence-corrected chi connectivity index (χ4v) is 1.63. The minimum absolute atomic E-state index is 0.207. The number of hydrogen-bond acceptors (Lipinski definition) is 5. The van der Waals surface area contributed by atoms with Crippen LogP contribution < -0.4 is 15.8 Å². The summed E-state index contributed by atoms with van der Waals surface area (Å²) in [5.41, 5.74) is 7.86. The first-order valence-electron chi connectivity index (χ1n) is 6.31. The molecule has 1 heterocycles. The van der Waals surface area contributed by atoms with Gasteiger partial charge in [0.25, 0.3) is 5.91 Å². The maximum atomic E-state index is 11.8. The second kappa shape index (κ2) is 6.51. The molecule has 1 aromatic carbocycles. The molecule has 2 aromatic rings. The van der Waals surface area contributed by atoms with E-state index in [-0.39, 0.29) is 11.9 Å². The van der Waals surface area contributed by atoms with Gasteiger partial charge in [0.1, 0.15) is 0 Å². The molecule has 6 nitrogen and oxygen atoms in total. The van der Waals surface area contributed by atoms with E-state index in [4.69, 9.17) is 10.5 Å². The van der Waals surface area contributed by atoms with E-state index in [9.17, 15) is 4.79 Å². The average Bonchev–Trinajstić information content (AvgIpc) is 2.46. The van der Waals surface area contributed by atoms with Crippen LogP contribution in [0.15, 0.2) is 36.4 Å². The van der Waals surface area contributed by atoms with Crippen LogP contribution >= 0.6 is 0 Å². The lowest BCUT2D eigenvalue weighted by Gasteiger charge is -2.04. The summed E-state index contributed by atoms with van der Waals surface area (Å²) in [5.74, 6) is 0.290. The van der Waals surface area contributed by atoms with Crippen molar-refractivity contribution in [3.8, 4) is 5.88 Å². The fourth-order valence-electron chi connectivity index (χ4n) is 1.63. The van der Waals surface area contributed by atoms with Gasteiger partial charge in [0.05, 0.1) is 7.11 Å². The highest BCUT2D eigenvalue weighted by atomic mass is 16.5. The molecule has 0 aliphatic rings. The van der Waals surface area contributed by atoms with Crippen LogP contribution in [0.25, 0.3) is 6.08 Å². The molecule has 0 bridgehead atoms. The number of anilines is 2. The van der Waals surface area contributed by atoms with Crippen molar-refractivity contribution in [3.63, 3.8) is 0 Å². The summed E-state index contributed by atoms with van der Waals surface area (Å²) < 4.78 is 5.03. The fraction of sp³-hybridized carbons (Fsp3) is 0.133. The minimum atomic E-state index is -0.320. The lowest BCUT2D eigenvalue weighted by molar-refractivity contribution is -0.111. The summed E-state index contributed by atoms with van der Waals surface area (Å²) in [6.45, 7) is 1.80. The first-order chi connectivity index (χ1) is 10.1. The van der Waals surface area contributed by atoms with Crippen molar-refractivity contribution in [1.29, 1.82) is 0 Å². The number of ether oxygens (including phenoxy) is 1. The third-order valence-corrected chi connectivity index (χ3v) is 2.64. The van der Waals surface area contributed by atoms with E-state index in [2.05, 4.69) is 15.3 Å². The predicted molar refractivity (Wildman–Crippen MR) is 81.8 cm³/mol. The zero-order chi connectivity index (χ0) is 15.2. The molecule has 6 heteroatoms. The molecule has 0 atom stereocenters. The third kappa shape index (κ3) is 4.31. The number of nitrogens with two attached hydrogens (primary N) is 1. The molecule has 0 radical (unpaired) electrons. The predicted octanol–water partition coefficient (Wildman–Crippen LogP) is 2.03.